The van der Waals surface area contributed by atoms with Gasteiger partial charge in [-0.15, -0.1) is 0 Å². The molecule has 39 heavy (non-hydrogen) atoms. The molecule has 1 heterocycles. The standard InChI is InChI=1S/C33H25NO5/c1-22(33(36)37)18-23-12-14-26(15-13-23)39-32-28-17-16-27(38-21-24-8-4-2-5-9-24)19-30(28)34-20-29(32)31(35)25-10-6-3-7-11-25/h2-20H,21H2,1H3,(H,36,37)/b22-18+. The van der Waals surface area contributed by atoms with Gasteiger partial charge in [0.15, 0.2) is 5.78 Å². The van der Waals surface area contributed by atoms with Crippen molar-refractivity contribution in [2.24, 2.45) is 0 Å². The summed E-state index contributed by atoms with van der Waals surface area (Å²) < 4.78 is 12.3. The van der Waals surface area contributed by atoms with Gasteiger partial charge < -0.3 is 14.6 Å². The Labute approximate surface area is 225 Å². The summed E-state index contributed by atoms with van der Waals surface area (Å²) in [5.74, 6) is 0.348. The number of carbonyl (C=O) groups is 2. The van der Waals surface area contributed by atoms with Crippen molar-refractivity contribution in [1.29, 1.82) is 0 Å². The van der Waals surface area contributed by atoms with Crippen LogP contribution in [0, 0.1) is 0 Å². The summed E-state index contributed by atoms with van der Waals surface area (Å²) in [6.07, 6.45) is 3.11. The second-order valence-corrected chi connectivity index (χ2v) is 8.95. The SMILES string of the molecule is C/C(=C\c1ccc(Oc2c(C(=O)c3ccccc3)cnc3cc(OCc4ccccc4)ccc23)cc1)C(=O)O. The first kappa shape index (κ1) is 25.4. The third-order valence-corrected chi connectivity index (χ3v) is 6.14. The van der Waals surface area contributed by atoms with E-state index < -0.39 is 5.97 Å². The number of rotatable bonds is 9. The summed E-state index contributed by atoms with van der Waals surface area (Å²) in [6, 6.07) is 31.4. The van der Waals surface area contributed by atoms with Crippen molar-refractivity contribution >= 4 is 28.7 Å². The van der Waals surface area contributed by atoms with E-state index in [4.69, 9.17) is 14.6 Å². The number of carbonyl (C=O) groups excluding carboxylic acids is 1. The third-order valence-electron chi connectivity index (χ3n) is 6.14. The molecule has 0 amide bonds. The Morgan fingerprint density at radius 1 is 0.846 bits per heavy atom. The van der Waals surface area contributed by atoms with Crippen LogP contribution in [0.1, 0.15) is 34.0 Å². The first-order chi connectivity index (χ1) is 19.0. The van der Waals surface area contributed by atoms with Gasteiger partial charge in [0.25, 0.3) is 0 Å². The van der Waals surface area contributed by atoms with E-state index in [1.807, 2.05) is 66.7 Å². The average molecular weight is 516 g/mol. The molecule has 0 aliphatic rings. The number of aliphatic carboxylic acids is 1. The molecule has 6 nitrogen and oxygen atoms in total. The lowest BCUT2D eigenvalue weighted by Crippen LogP contribution is -2.05. The molecule has 0 saturated heterocycles. The zero-order valence-electron chi connectivity index (χ0n) is 21.2. The lowest BCUT2D eigenvalue weighted by molar-refractivity contribution is -0.132. The Bertz CT molecular complexity index is 1660. The van der Waals surface area contributed by atoms with Crippen LogP contribution in [-0.2, 0) is 11.4 Å². The van der Waals surface area contributed by atoms with Crippen molar-refractivity contribution in [3.05, 3.63) is 137 Å². The molecular weight excluding hydrogens is 490 g/mol. The van der Waals surface area contributed by atoms with Crippen molar-refractivity contribution in [2.75, 3.05) is 0 Å². The highest BCUT2D eigenvalue weighted by Crippen LogP contribution is 2.35. The molecule has 192 valence electrons. The van der Waals surface area contributed by atoms with Crippen LogP contribution >= 0.6 is 0 Å². The van der Waals surface area contributed by atoms with Crippen LogP contribution in [0.2, 0.25) is 0 Å². The summed E-state index contributed by atoms with van der Waals surface area (Å²) in [4.78, 5) is 29.2. The molecule has 4 aromatic carbocycles. The number of ether oxygens (including phenoxy) is 2. The van der Waals surface area contributed by atoms with Gasteiger partial charge >= 0.3 is 5.97 Å². The predicted octanol–water partition coefficient (Wildman–Crippen LogP) is 7.33. The second kappa shape index (κ2) is 11.4. The first-order valence-electron chi connectivity index (χ1n) is 12.4. The van der Waals surface area contributed by atoms with E-state index in [0.29, 0.717) is 45.9 Å². The quantitative estimate of drug-likeness (QED) is 0.163. The van der Waals surface area contributed by atoms with E-state index in [2.05, 4.69) is 4.98 Å². The lowest BCUT2D eigenvalue weighted by Gasteiger charge is -2.15. The Kier molecular flexibility index (Phi) is 7.46. The van der Waals surface area contributed by atoms with Crippen LogP contribution in [0.3, 0.4) is 0 Å². The predicted molar refractivity (Wildman–Crippen MR) is 150 cm³/mol. The number of fused-ring (bicyclic) bond motifs is 1. The van der Waals surface area contributed by atoms with E-state index in [1.165, 1.54) is 13.1 Å². The molecule has 0 saturated carbocycles. The van der Waals surface area contributed by atoms with E-state index in [9.17, 15) is 9.59 Å². The Morgan fingerprint density at radius 2 is 1.51 bits per heavy atom. The van der Waals surface area contributed by atoms with Crippen molar-refractivity contribution in [3.63, 3.8) is 0 Å². The molecule has 0 aliphatic carbocycles. The number of benzene rings is 4. The minimum atomic E-state index is -0.977. The van der Waals surface area contributed by atoms with Gasteiger partial charge in [-0.1, -0.05) is 72.8 Å². The van der Waals surface area contributed by atoms with Gasteiger partial charge in [0.1, 0.15) is 23.9 Å². The van der Waals surface area contributed by atoms with Gasteiger partial charge in [-0.25, -0.2) is 4.79 Å². The smallest absolute Gasteiger partial charge is 0.331 e. The second-order valence-electron chi connectivity index (χ2n) is 8.95. The molecule has 0 fully saturated rings. The molecule has 0 radical (unpaired) electrons. The molecule has 6 heteroatoms. The highest BCUT2D eigenvalue weighted by molar-refractivity contribution is 6.13. The van der Waals surface area contributed by atoms with Gasteiger partial charge in [0.05, 0.1) is 11.1 Å². The molecule has 0 aliphatic heterocycles. The van der Waals surface area contributed by atoms with Crippen LogP contribution < -0.4 is 9.47 Å². The fraction of sp³-hybridized carbons (Fsp3) is 0.0606. The number of hydrogen-bond donors (Lipinski definition) is 1. The molecule has 1 N–H and O–H groups in total. The molecule has 0 spiro atoms. The number of carboxylic acids is 1. The Balaban J connectivity index is 1.50. The van der Waals surface area contributed by atoms with E-state index in [1.54, 1.807) is 42.5 Å². The fourth-order valence-electron chi connectivity index (χ4n) is 4.06. The Morgan fingerprint density at radius 3 is 2.21 bits per heavy atom. The van der Waals surface area contributed by atoms with E-state index in [0.717, 1.165) is 11.1 Å². The average Bonchev–Trinajstić information content (AvgIpc) is 2.97. The number of nitrogens with zero attached hydrogens (tertiary/aromatic N) is 1. The number of aromatic nitrogens is 1. The molecule has 5 aromatic rings. The van der Waals surface area contributed by atoms with E-state index in [-0.39, 0.29) is 11.4 Å². The highest BCUT2D eigenvalue weighted by Gasteiger charge is 2.20. The number of hydrogen-bond acceptors (Lipinski definition) is 5. The van der Waals surface area contributed by atoms with E-state index >= 15 is 0 Å². The van der Waals surface area contributed by atoms with Gasteiger partial charge in [-0.2, -0.15) is 0 Å². The topological polar surface area (TPSA) is 85.7 Å². The van der Waals surface area contributed by atoms with Crippen LogP contribution in [0.5, 0.6) is 17.2 Å². The van der Waals surface area contributed by atoms with Crippen LogP contribution in [0.15, 0.2) is 115 Å². The minimum Gasteiger partial charge on any atom is -0.489 e. The normalized spacial score (nSPS) is 11.3. The van der Waals surface area contributed by atoms with Gasteiger partial charge in [-0.05, 0) is 48.4 Å². The molecule has 0 bridgehead atoms. The zero-order chi connectivity index (χ0) is 27.2. The lowest BCUT2D eigenvalue weighted by atomic mass is 10.0. The first-order valence-corrected chi connectivity index (χ1v) is 12.4. The van der Waals surface area contributed by atoms with Crippen molar-refractivity contribution in [2.45, 2.75) is 13.5 Å². The summed E-state index contributed by atoms with van der Waals surface area (Å²) in [6.45, 7) is 1.96. The largest absolute Gasteiger partial charge is 0.489 e. The van der Waals surface area contributed by atoms with Gasteiger partial charge in [0.2, 0.25) is 0 Å². The maximum absolute atomic E-state index is 13.5. The molecular formula is C33H25NO5. The summed E-state index contributed by atoms with van der Waals surface area (Å²) >= 11 is 0. The number of pyridine rings is 1. The van der Waals surface area contributed by atoms with Gasteiger partial charge in [-0.3, -0.25) is 9.78 Å². The number of ketones is 1. The van der Waals surface area contributed by atoms with Crippen molar-refractivity contribution < 1.29 is 24.2 Å². The summed E-state index contributed by atoms with van der Waals surface area (Å²) in [7, 11) is 0. The monoisotopic (exact) mass is 515 g/mol. The maximum Gasteiger partial charge on any atom is 0.331 e. The van der Waals surface area contributed by atoms with Crippen molar-refractivity contribution in [1.82, 2.24) is 4.98 Å². The van der Waals surface area contributed by atoms with Crippen molar-refractivity contribution in [3.8, 4) is 17.2 Å². The minimum absolute atomic E-state index is 0.207. The molecule has 1 aromatic heterocycles. The molecule has 5 rings (SSSR count). The molecule has 0 atom stereocenters. The zero-order valence-corrected chi connectivity index (χ0v) is 21.2. The van der Waals surface area contributed by atoms with Crippen LogP contribution in [0.4, 0.5) is 0 Å². The third kappa shape index (κ3) is 6.02. The van der Waals surface area contributed by atoms with Gasteiger partial charge in [0, 0.05) is 28.8 Å². The van der Waals surface area contributed by atoms with Crippen LogP contribution in [0.25, 0.3) is 17.0 Å². The molecule has 0 unspecified atom stereocenters. The maximum atomic E-state index is 13.5. The van der Waals surface area contributed by atoms with Crippen LogP contribution in [-0.4, -0.2) is 21.8 Å². The summed E-state index contributed by atoms with van der Waals surface area (Å²) in [5.41, 5.74) is 3.48. The highest BCUT2D eigenvalue weighted by atomic mass is 16.5. The summed E-state index contributed by atoms with van der Waals surface area (Å²) in [5, 5.41) is 9.80. The Hall–Kier alpha value is -5.23. The fourth-order valence-corrected chi connectivity index (χ4v) is 4.06. The number of carboxylic acid groups (broad SMARTS) is 1.